The molecule has 0 aliphatic heterocycles. The van der Waals surface area contributed by atoms with Gasteiger partial charge in [-0.2, -0.15) is 0 Å². The fraction of sp³-hybridized carbons (Fsp3) is 0.429. The highest BCUT2D eigenvalue weighted by Crippen LogP contribution is 2.29. The molecule has 0 saturated heterocycles. The molecule has 0 aliphatic carbocycles. The minimum Gasteiger partial charge on any atom is -0.490 e. The van der Waals surface area contributed by atoms with E-state index in [1.807, 2.05) is 19.1 Å². The first kappa shape index (κ1) is 26.5. The molecule has 0 atom stereocenters. The Morgan fingerprint density at radius 3 is 2.18 bits per heavy atom. The number of rotatable bonds is 12. The number of benzene rings is 2. The van der Waals surface area contributed by atoms with Crippen LogP contribution >= 0.6 is 24.8 Å². The van der Waals surface area contributed by atoms with Crippen LogP contribution in [0.5, 0.6) is 11.5 Å². The highest BCUT2D eigenvalue weighted by atomic mass is 35.5. The van der Waals surface area contributed by atoms with Crippen molar-refractivity contribution in [2.75, 3.05) is 32.8 Å². The van der Waals surface area contributed by atoms with E-state index in [1.165, 1.54) is 5.56 Å². The molecule has 2 rings (SSSR count). The molecule has 5 nitrogen and oxygen atoms in total. The molecular weight excluding hydrogens is 399 g/mol. The number of aliphatic hydroxyl groups is 1. The molecule has 0 saturated carbocycles. The zero-order chi connectivity index (χ0) is 18.6. The van der Waals surface area contributed by atoms with Crippen LogP contribution in [0, 0.1) is 6.92 Å². The predicted molar refractivity (Wildman–Crippen MR) is 119 cm³/mol. The second-order valence-electron chi connectivity index (χ2n) is 6.14. The van der Waals surface area contributed by atoms with Crippen LogP contribution < -0.4 is 20.1 Å². The van der Waals surface area contributed by atoms with Crippen molar-refractivity contribution in [3.8, 4) is 11.5 Å². The van der Waals surface area contributed by atoms with Crippen LogP contribution in [0.25, 0.3) is 0 Å². The molecule has 0 bridgehead atoms. The van der Waals surface area contributed by atoms with E-state index in [0.29, 0.717) is 19.8 Å². The van der Waals surface area contributed by atoms with Gasteiger partial charge in [-0.15, -0.1) is 24.8 Å². The van der Waals surface area contributed by atoms with Gasteiger partial charge < -0.3 is 25.2 Å². The number of hydrogen-bond donors (Lipinski definition) is 3. The zero-order valence-electron chi connectivity index (χ0n) is 16.6. The first-order valence-corrected chi connectivity index (χ1v) is 9.19. The van der Waals surface area contributed by atoms with Gasteiger partial charge in [0.15, 0.2) is 11.5 Å². The molecule has 0 spiro atoms. The van der Waals surface area contributed by atoms with Gasteiger partial charge in [-0.3, -0.25) is 0 Å². The lowest BCUT2D eigenvalue weighted by Gasteiger charge is -2.14. The van der Waals surface area contributed by atoms with E-state index >= 15 is 0 Å². The van der Waals surface area contributed by atoms with E-state index in [9.17, 15) is 0 Å². The summed E-state index contributed by atoms with van der Waals surface area (Å²) in [6.07, 6.45) is 0. The average Bonchev–Trinajstić information content (AvgIpc) is 2.65. The molecule has 0 aliphatic rings. The van der Waals surface area contributed by atoms with Crippen LogP contribution in [0.1, 0.15) is 23.6 Å². The molecule has 0 unspecified atom stereocenters. The van der Waals surface area contributed by atoms with Crippen molar-refractivity contribution in [1.82, 2.24) is 10.6 Å². The molecule has 2 aromatic carbocycles. The first-order chi connectivity index (χ1) is 12.7. The standard InChI is InChI=1S/C21H30N2O3.2ClH/c1-3-25-21-14-19(15-23-11-10-22-12-13-24)8-9-20(21)26-16-18-6-4-17(2)5-7-18;;/h4-9,14,22-24H,3,10-13,15-16H2,1-2H3;2*1H. The molecular formula is C21H32Cl2N2O3. The molecule has 7 heteroatoms. The van der Waals surface area contributed by atoms with Crippen LogP contribution in [-0.2, 0) is 13.2 Å². The Morgan fingerprint density at radius 1 is 0.821 bits per heavy atom. The van der Waals surface area contributed by atoms with E-state index in [2.05, 4.69) is 47.9 Å². The Morgan fingerprint density at radius 2 is 1.50 bits per heavy atom. The lowest BCUT2D eigenvalue weighted by molar-refractivity contribution is 0.269. The van der Waals surface area contributed by atoms with Crippen molar-refractivity contribution in [1.29, 1.82) is 0 Å². The molecule has 0 heterocycles. The summed E-state index contributed by atoms with van der Waals surface area (Å²) in [7, 11) is 0. The monoisotopic (exact) mass is 430 g/mol. The summed E-state index contributed by atoms with van der Waals surface area (Å²) in [5, 5.41) is 15.2. The normalized spacial score (nSPS) is 9.96. The topological polar surface area (TPSA) is 62.8 Å². The van der Waals surface area contributed by atoms with E-state index in [4.69, 9.17) is 14.6 Å². The molecule has 2 aromatic rings. The summed E-state index contributed by atoms with van der Waals surface area (Å²) in [5.41, 5.74) is 3.53. The minimum absolute atomic E-state index is 0. The van der Waals surface area contributed by atoms with Crippen LogP contribution in [0.2, 0.25) is 0 Å². The third-order valence-corrected chi connectivity index (χ3v) is 3.92. The van der Waals surface area contributed by atoms with Crippen LogP contribution in [0.3, 0.4) is 0 Å². The molecule has 0 radical (unpaired) electrons. The Kier molecular flexibility index (Phi) is 14.6. The Labute approximate surface area is 180 Å². The molecule has 0 fully saturated rings. The maximum absolute atomic E-state index is 8.73. The van der Waals surface area contributed by atoms with Gasteiger partial charge in [0.25, 0.3) is 0 Å². The number of hydrogen-bond acceptors (Lipinski definition) is 5. The summed E-state index contributed by atoms with van der Waals surface area (Å²) in [5.74, 6) is 1.54. The van der Waals surface area contributed by atoms with Crippen LogP contribution in [0.15, 0.2) is 42.5 Å². The number of halogens is 2. The molecule has 0 amide bonds. The maximum Gasteiger partial charge on any atom is 0.161 e. The zero-order valence-corrected chi connectivity index (χ0v) is 18.2. The fourth-order valence-corrected chi connectivity index (χ4v) is 2.51. The highest BCUT2D eigenvalue weighted by Gasteiger charge is 2.07. The van der Waals surface area contributed by atoms with E-state index in [-0.39, 0.29) is 31.4 Å². The molecule has 3 N–H and O–H groups in total. The van der Waals surface area contributed by atoms with Gasteiger partial charge in [-0.1, -0.05) is 35.9 Å². The summed E-state index contributed by atoms with van der Waals surface area (Å²) in [6.45, 7) is 8.41. The average molecular weight is 431 g/mol. The van der Waals surface area contributed by atoms with Gasteiger partial charge in [0.05, 0.1) is 13.2 Å². The van der Waals surface area contributed by atoms with Gasteiger partial charge in [-0.05, 0) is 37.1 Å². The smallest absolute Gasteiger partial charge is 0.161 e. The number of aliphatic hydroxyl groups excluding tert-OH is 1. The largest absolute Gasteiger partial charge is 0.490 e. The van der Waals surface area contributed by atoms with Crippen LogP contribution in [-0.4, -0.2) is 38.0 Å². The molecule has 0 aromatic heterocycles. The number of nitrogens with one attached hydrogen (secondary N) is 2. The Balaban J connectivity index is 0.00000364. The predicted octanol–water partition coefficient (Wildman–Crippen LogP) is 3.49. The summed E-state index contributed by atoms with van der Waals surface area (Å²) in [4.78, 5) is 0. The van der Waals surface area contributed by atoms with Crippen molar-refractivity contribution < 1.29 is 14.6 Å². The lowest BCUT2D eigenvalue weighted by Crippen LogP contribution is -2.28. The number of ether oxygens (including phenoxy) is 2. The van der Waals surface area contributed by atoms with E-state index in [0.717, 1.165) is 42.3 Å². The van der Waals surface area contributed by atoms with Crippen molar-refractivity contribution in [3.05, 3.63) is 59.2 Å². The van der Waals surface area contributed by atoms with Gasteiger partial charge in [0.1, 0.15) is 6.61 Å². The van der Waals surface area contributed by atoms with Crippen molar-refractivity contribution in [2.45, 2.75) is 27.0 Å². The van der Waals surface area contributed by atoms with Crippen molar-refractivity contribution in [3.63, 3.8) is 0 Å². The van der Waals surface area contributed by atoms with Crippen LogP contribution in [0.4, 0.5) is 0 Å². The number of aryl methyl sites for hydroxylation is 1. The van der Waals surface area contributed by atoms with Crippen molar-refractivity contribution >= 4 is 24.8 Å². The second kappa shape index (κ2) is 15.4. The fourth-order valence-electron chi connectivity index (χ4n) is 2.51. The lowest BCUT2D eigenvalue weighted by atomic mass is 10.1. The third kappa shape index (κ3) is 9.62. The quantitative estimate of drug-likeness (QED) is 0.449. The molecule has 158 valence electrons. The first-order valence-electron chi connectivity index (χ1n) is 9.19. The van der Waals surface area contributed by atoms with Gasteiger partial charge in [-0.25, -0.2) is 0 Å². The maximum atomic E-state index is 8.73. The van der Waals surface area contributed by atoms with Gasteiger partial charge in [0.2, 0.25) is 0 Å². The SMILES string of the molecule is CCOc1cc(CNCCNCCO)ccc1OCc1ccc(C)cc1.Cl.Cl. The summed E-state index contributed by atoms with van der Waals surface area (Å²) < 4.78 is 11.7. The third-order valence-electron chi connectivity index (χ3n) is 3.92. The summed E-state index contributed by atoms with van der Waals surface area (Å²) in [6, 6.07) is 14.4. The van der Waals surface area contributed by atoms with Gasteiger partial charge >= 0.3 is 0 Å². The van der Waals surface area contributed by atoms with Crippen molar-refractivity contribution in [2.24, 2.45) is 0 Å². The van der Waals surface area contributed by atoms with E-state index < -0.39 is 0 Å². The second-order valence-corrected chi connectivity index (χ2v) is 6.14. The van der Waals surface area contributed by atoms with Gasteiger partial charge in [0, 0.05) is 26.2 Å². The Bertz CT molecular complexity index is 655. The minimum atomic E-state index is 0. The summed E-state index contributed by atoms with van der Waals surface area (Å²) >= 11 is 0. The molecule has 28 heavy (non-hydrogen) atoms. The van der Waals surface area contributed by atoms with E-state index in [1.54, 1.807) is 0 Å². The Hall–Kier alpha value is -1.50. The highest BCUT2D eigenvalue weighted by molar-refractivity contribution is 5.85.